The van der Waals surface area contributed by atoms with Crippen molar-refractivity contribution in [2.75, 3.05) is 0 Å². The maximum absolute atomic E-state index is 11.5. The van der Waals surface area contributed by atoms with Crippen LogP contribution in [-0.2, 0) is 0 Å². The van der Waals surface area contributed by atoms with Crippen molar-refractivity contribution < 1.29 is 4.92 Å². The van der Waals surface area contributed by atoms with Gasteiger partial charge in [0.25, 0.3) is 5.70 Å². The molecule has 0 aliphatic carbocycles. The predicted molar refractivity (Wildman–Crippen MR) is 95.3 cm³/mol. The summed E-state index contributed by atoms with van der Waals surface area (Å²) in [7, 11) is -1.99. The highest BCUT2D eigenvalue weighted by Gasteiger charge is 2.47. The summed E-state index contributed by atoms with van der Waals surface area (Å²) >= 11 is 6.62. The van der Waals surface area contributed by atoms with E-state index in [1.54, 1.807) is 0 Å². The second kappa shape index (κ2) is 8.32. The molecule has 0 aromatic carbocycles. The van der Waals surface area contributed by atoms with Crippen LogP contribution >= 0.6 is 11.6 Å². The second-order valence-corrected chi connectivity index (χ2v) is 13.9. The molecule has 0 heterocycles. The summed E-state index contributed by atoms with van der Waals surface area (Å²) in [5, 5.41) is 11.1. The van der Waals surface area contributed by atoms with Crippen molar-refractivity contribution in [3.63, 3.8) is 0 Å². The van der Waals surface area contributed by atoms with E-state index in [2.05, 4.69) is 40.8 Å². The number of alkyl halides is 1. The minimum Gasteiger partial charge on any atom is -0.259 e. The highest BCUT2D eigenvalue weighted by molar-refractivity contribution is 6.88. The van der Waals surface area contributed by atoms with Crippen LogP contribution in [0, 0.1) is 10.1 Å². The fourth-order valence-electron chi connectivity index (χ4n) is 2.13. The lowest BCUT2D eigenvalue weighted by Crippen LogP contribution is -2.48. The Morgan fingerprint density at radius 2 is 1.76 bits per heavy atom. The number of nitro groups is 1. The Kier molecular flexibility index (Phi) is 8.18. The third-order valence-electron chi connectivity index (χ3n) is 4.85. The molecule has 21 heavy (non-hydrogen) atoms. The van der Waals surface area contributed by atoms with Gasteiger partial charge in [-0.2, -0.15) is 0 Å². The molecule has 1 unspecified atom stereocenters. The summed E-state index contributed by atoms with van der Waals surface area (Å²) in [5.41, 5.74) is 1.13. The zero-order chi connectivity index (χ0) is 16.8. The van der Waals surface area contributed by atoms with Gasteiger partial charge >= 0.3 is 0 Å². The van der Waals surface area contributed by atoms with Crippen LogP contribution in [0.15, 0.2) is 11.3 Å². The molecule has 0 spiro atoms. The Labute approximate surface area is 136 Å². The molecular weight excluding hydrogens is 302 g/mol. The maximum Gasteiger partial charge on any atom is 0.259 e. The van der Waals surface area contributed by atoms with Gasteiger partial charge in [-0.1, -0.05) is 60.1 Å². The van der Waals surface area contributed by atoms with Crippen LogP contribution in [0.2, 0.25) is 18.1 Å². The lowest BCUT2D eigenvalue weighted by molar-refractivity contribution is -0.426. The third kappa shape index (κ3) is 5.74. The molecule has 0 rings (SSSR count). The molecule has 0 saturated carbocycles. The summed E-state index contributed by atoms with van der Waals surface area (Å²) in [4.78, 5) is 11.3. The molecule has 0 N–H and O–H groups in total. The Bertz CT molecular complexity index is 386. The summed E-state index contributed by atoms with van der Waals surface area (Å²) < 4.78 is 0. The average Bonchev–Trinajstić information content (AvgIpc) is 2.32. The second-order valence-electron chi connectivity index (χ2n) is 7.57. The van der Waals surface area contributed by atoms with Crippen molar-refractivity contribution in [2.45, 2.75) is 89.9 Å². The number of nitrogens with zero attached hydrogens (tertiary/aromatic N) is 1. The van der Waals surface area contributed by atoms with Crippen molar-refractivity contribution in [1.29, 1.82) is 0 Å². The molecule has 0 aliphatic rings. The van der Waals surface area contributed by atoms with Crippen LogP contribution in [0.1, 0.15) is 66.7 Å². The van der Waals surface area contributed by atoms with Gasteiger partial charge in [-0.3, -0.25) is 10.1 Å². The van der Waals surface area contributed by atoms with Gasteiger partial charge in [-0.05, 0) is 24.8 Å². The Morgan fingerprint density at radius 1 is 1.24 bits per heavy atom. The molecule has 0 aromatic heterocycles. The molecule has 0 aromatic rings. The van der Waals surface area contributed by atoms with E-state index in [0.717, 1.165) is 24.8 Å². The van der Waals surface area contributed by atoms with Gasteiger partial charge in [0.1, 0.15) is 5.00 Å². The summed E-state index contributed by atoms with van der Waals surface area (Å²) in [6.45, 7) is 14.8. The number of rotatable bonds is 8. The molecule has 0 aliphatic heterocycles. The summed E-state index contributed by atoms with van der Waals surface area (Å²) in [5.74, 6) is 0. The molecule has 0 amide bonds. The van der Waals surface area contributed by atoms with Crippen molar-refractivity contribution >= 4 is 19.7 Å². The van der Waals surface area contributed by atoms with E-state index >= 15 is 0 Å². The van der Waals surface area contributed by atoms with Crippen LogP contribution in [0.25, 0.3) is 0 Å². The van der Waals surface area contributed by atoms with Crippen molar-refractivity contribution in [3.05, 3.63) is 21.4 Å². The summed E-state index contributed by atoms with van der Waals surface area (Å²) in [6.07, 6.45) is 5.29. The first-order chi connectivity index (χ1) is 9.46. The standard InChI is InChI=1S/C16H32ClNO2Si/c1-8-9-10-11-12-13(2)14(18(19)20)15(17)21(6,7)16(3,4)5/h15H,8-12H2,1-7H3/b14-13-. The van der Waals surface area contributed by atoms with Gasteiger partial charge in [0.15, 0.2) is 0 Å². The molecule has 0 radical (unpaired) electrons. The van der Waals surface area contributed by atoms with Crippen LogP contribution in [-0.4, -0.2) is 18.0 Å². The summed E-state index contributed by atoms with van der Waals surface area (Å²) in [6, 6.07) is 0. The fourth-order valence-corrected chi connectivity index (χ4v) is 5.18. The van der Waals surface area contributed by atoms with E-state index in [4.69, 9.17) is 11.6 Å². The van der Waals surface area contributed by atoms with Crippen molar-refractivity contribution in [3.8, 4) is 0 Å². The van der Waals surface area contributed by atoms with Gasteiger partial charge in [0.2, 0.25) is 0 Å². The molecule has 124 valence electrons. The lowest BCUT2D eigenvalue weighted by atomic mass is 10.1. The normalized spacial score (nSPS) is 15.6. The minimum absolute atomic E-state index is 0.0309. The van der Waals surface area contributed by atoms with Crippen LogP contribution in [0.4, 0.5) is 0 Å². The van der Waals surface area contributed by atoms with Crippen LogP contribution in [0.3, 0.4) is 0 Å². The first-order valence-electron chi connectivity index (χ1n) is 7.94. The molecule has 1 atom stereocenters. The lowest BCUT2D eigenvalue weighted by Gasteiger charge is -2.39. The number of hydrogen-bond donors (Lipinski definition) is 0. The Balaban J connectivity index is 5.26. The topological polar surface area (TPSA) is 43.1 Å². The minimum atomic E-state index is -1.99. The van der Waals surface area contributed by atoms with Crippen LogP contribution < -0.4 is 0 Å². The third-order valence-corrected chi connectivity index (χ3v) is 12.1. The first-order valence-corrected chi connectivity index (χ1v) is 11.5. The van der Waals surface area contributed by atoms with E-state index in [-0.39, 0.29) is 15.7 Å². The monoisotopic (exact) mass is 333 g/mol. The number of unbranched alkanes of at least 4 members (excludes halogenated alkanes) is 3. The predicted octanol–water partition coefficient (Wildman–Crippen LogP) is 6.16. The highest BCUT2D eigenvalue weighted by Crippen LogP contribution is 2.43. The van der Waals surface area contributed by atoms with E-state index in [9.17, 15) is 10.1 Å². The quantitative estimate of drug-likeness (QED) is 0.175. The number of hydrogen-bond acceptors (Lipinski definition) is 2. The maximum atomic E-state index is 11.5. The van der Waals surface area contributed by atoms with E-state index in [1.807, 2.05) is 6.92 Å². The molecule has 0 bridgehead atoms. The van der Waals surface area contributed by atoms with E-state index in [1.165, 1.54) is 12.8 Å². The Morgan fingerprint density at radius 3 is 2.14 bits per heavy atom. The van der Waals surface area contributed by atoms with Crippen LogP contribution in [0.5, 0.6) is 0 Å². The van der Waals surface area contributed by atoms with Gasteiger partial charge in [0, 0.05) is 5.57 Å². The van der Waals surface area contributed by atoms with E-state index < -0.39 is 13.1 Å². The number of halogens is 1. The van der Waals surface area contributed by atoms with Crippen molar-refractivity contribution in [2.24, 2.45) is 0 Å². The molecule has 3 nitrogen and oxygen atoms in total. The van der Waals surface area contributed by atoms with Crippen molar-refractivity contribution in [1.82, 2.24) is 0 Å². The largest absolute Gasteiger partial charge is 0.259 e. The van der Waals surface area contributed by atoms with Gasteiger partial charge in [-0.15, -0.1) is 11.6 Å². The van der Waals surface area contributed by atoms with Gasteiger partial charge in [-0.25, -0.2) is 0 Å². The Hall–Kier alpha value is -0.353. The van der Waals surface area contributed by atoms with Gasteiger partial charge < -0.3 is 0 Å². The molecule has 0 saturated heterocycles. The molecular formula is C16H32ClNO2Si. The smallest absolute Gasteiger partial charge is 0.259 e. The SMILES string of the molecule is CCCCCC/C(C)=C(/C(Cl)[Si](C)(C)C(C)(C)C)[N+](=O)[O-]. The average molecular weight is 334 g/mol. The van der Waals surface area contributed by atoms with Gasteiger partial charge in [0.05, 0.1) is 13.0 Å². The zero-order valence-corrected chi connectivity index (χ0v) is 16.5. The molecule has 5 heteroatoms. The molecule has 0 fully saturated rings. The van der Waals surface area contributed by atoms with E-state index in [0.29, 0.717) is 0 Å². The number of allylic oxidation sites excluding steroid dienone is 2. The fraction of sp³-hybridized carbons (Fsp3) is 0.875. The first kappa shape index (κ1) is 20.6. The highest BCUT2D eigenvalue weighted by atomic mass is 35.5. The zero-order valence-electron chi connectivity index (χ0n) is 14.8.